The molecule has 11 aromatic rings. The number of hydrogen-bond acceptors (Lipinski definition) is 3. The first kappa shape index (κ1) is 31.5. The van der Waals surface area contributed by atoms with Crippen LogP contribution in [0.3, 0.4) is 0 Å². The van der Waals surface area contributed by atoms with Crippen LogP contribution in [0, 0.1) is 0 Å². The molecule has 11 rings (SSSR count). The Morgan fingerprint density at radius 3 is 1.93 bits per heavy atom. The summed E-state index contributed by atoms with van der Waals surface area (Å²) in [7, 11) is -1.09. The highest BCUT2D eigenvalue weighted by atomic mass is 28.3. The maximum absolute atomic E-state index is 7.19. The lowest BCUT2D eigenvalue weighted by Gasteiger charge is -2.34. The summed E-state index contributed by atoms with van der Waals surface area (Å²) in [4.78, 5) is 10.1. The van der Waals surface area contributed by atoms with Crippen molar-refractivity contribution in [1.82, 2.24) is 19.1 Å². The zero-order valence-electron chi connectivity index (χ0n) is 30.1. The third-order valence-corrected chi connectivity index (χ3v) is 16.1. The lowest BCUT2D eigenvalue weighted by Crippen LogP contribution is -2.74. The van der Waals surface area contributed by atoms with Gasteiger partial charge in [0.05, 0.1) is 22.1 Å². The second-order valence-electron chi connectivity index (χ2n) is 14.2. The predicted molar refractivity (Wildman–Crippen MR) is 229 cm³/mol. The molecule has 0 radical (unpaired) electrons. The van der Waals surface area contributed by atoms with Crippen molar-refractivity contribution in [3.63, 3.8) is 0 Å². The lowest BCUT2D eigenvalue weighted by atomic mass is 10.1. The number of aromatic nitrogens is 4. The van der Waals surface area contributed by atoms with Crippen LogP contribution in [0.2, 0.25) is 0 Å². The summed E-state index contributed by atoms with van der Waals surface area (Å²) in [6, 6.07) is 65.4. The molecule has 0 unspecified atom stereocenters. The molecule has 55 heavy (non-hydrogen) atoms. The molecule has 0 bridgehead atoms. The largest absolute Gasteiger partial charge is 0.456 e. The number of imidazole rings is 1. The van der Waals surface area contributed by atoms with Gasteiger partial charge in [-0.1, -0.05) is 140 Å². The van der Waals surface area contributed by atoms with Crippen LogP contribution in [0.25, 0.3) is 72.0 Å². The van der Waals surface area contributed by atoms with Gasteiger partial charge in [0.15, 0.2) is 8.07 Å². The van der Waals surface area contributed by atoms with Crippen LogP contribution in [-0.4, -0.2) is 27.2 Å². The molecule has 0 saturated carbocycles. The van der Waals surface area contributed by atoms with E-state index >= 15 is 0 Å². The molecule has 0 saturated heterocycles. The van der Waals surface area contributed by atoms with Crippen LogP contribution in [-0.2, 0) is 7.05 Å². The highest BCUT2D eigenvalue weighted by Gasteiger charge is 2.45. The average molecular weight is 723 g/mol. The molecule has 6 heteroatoms. The van der Waals surface area contributed by atoms with Gasteiger partial charge in [-0.3, -0.25) is 4.57 Å². The van der Waals surface area contributed by atoms with Crippen LogP contribution in [0.5, 0.6) is 0 Å². The average Bonchev–Trinajstić information content (AvgIpc) is 3.92. The number of furan rings is 1. The van der Waals surface area contributed by atoms with E-state index in [2.05, 4.69) is 192 Å². The molecule has 7 aromatic carbocycles. The Bertz CT molecular complexity index is 3180. The molecule has 4 heterocycles. The number of para-hydroxylation sites is 4. The Hall–Kier alpha value is -7.02. The van der Waals surface area contributed by atoms with Crippen molar-refractivity contribution in [3.8, 4) is 17.2 Å². The number of aryl methyl sites for hydroxylation is 1. The minimum absolute atomic E-state index is 0.874. The van der Waals surface area contributed by atoms with E-state index in [1.165, 1.54) is 31.5 Å². The minimum atomic E-state index is -3.20. The molecule has 0 amide bonds. The van der Waals surface area contributed by atoms with E-state index in [1.54, 1.807) is 0 Å². The van der Waals surface area contributed by atoms with Crippen LogP contribution < -0.4 is 20.7 Å². The second-order valence-corrected chi connectivity index (χ2v) is 18.0. The van der Waals surface area contributed by atoms with Gasteiger partial charge in [-0.05, 0) is 63.2 Å². The molecule has 5 nitrogen and oxygen atoms in total. The number of rotatable bonds is 6. The van der Waals surface area contributed by atoms with Crippen molar-refractivity contribution in [3.05, 3.63) is 188 Å². The molecule has 260 valence electrons. The van der Waals surface area contributed by atoms with Gasteiger partial charge >= 0.3 is 0 Å². The Balaban J connectivity index is 1.35. The molecule has 0 aliphatic rings. The van der Waals surface area contributed by atoms with Crippen molar-refractivity contribution in [1.29, 1.82) is 0 Å². The van der Waals surface area contributed by atoms with Crippen LogP contribution >= 0.6 is 0 Å². The summed E-state index contributed by atoms with van der Waals surface area (Å²) in [6.45, 7) is 0. The summed E-state index contributed by atoms with van der Waals surface area (Å²) in [6.07, 6.45) is 1.88. The standard InChI is InChI=1S/C49H34N4OSi/c1-52-41-27-12-10-25-39(41)51-49(52)33-17-16-22-36(31-33)55(34-18-4-2-5-19-34,35-20-6-3-7-21-35)44-32-42-46(47-38-24-9-13-28-43(38)54-48(44)47)37-23-8-11-26-40(37)53(42)45-29-14-15-30-50-45/h2-32H,1H3. The van der Waals surface area contributed by atoms with Crippen molar-refractivity contribution in [2.45, 2.75) is 0 Å². The predicted octanol–water partition coefficient (Wildman–Crippen LogP) is 9.01. The van der Waals surface area contributed by atoms with E-state index in [1.807, 2.05) is 12.3 Å². The highest BCUT2D eigenvalue weighted by Crippen LogP contribution is 2.41. The first-order valence-electron chi connectivity index (χ1n) is 18.6. The van der Waals surface area contributed by atoms with E-state index in [0.717, 1.165) is 61.2 Å². The third kappa shape index (κ3) is 4.58. The number of nitrogens with zero attached hydrogens (tertiary/aromatic N) is 4. The topological polar surface area (TPSA) is 48.8 Å². The number of pyridine rings is 1. The maximum atomic E-state index is 7.19. The first-order chi connectivity index (χ1) is 27.2. The Morgan fingerprint density at radius 2 is 1.18 bits per heavy atom. The molecule has 0 N–H and O–H groups in total. The van der Waals surface area contributed by atoms with Gasteiger partial charge in [0.1, 0.15) is 22.8 Å². The van der Waals surface area contributed by atoms with Gasteiger partial charge in [-0.2, -0.15) is 0 Å². The van der Waals surface area contributed by atoms with Gasteiger partial charge in [0.25, 0.3) is 0 Å². The molecular formula is C49H34N4OSi. The molecule has 0 fully saturated rings. The summed E-state index contributed by atoms with van der Waals surface area (Å²) < 4.78 is 11.7. The minimum Gasteiger partial charge on any atom is -0.456 e. The fourth-order valence-electron chi connectivity index (χ4n) is 8.99. The van der Waals surface area contributed by atoms with Crippen molar-refractivity contribution >= 4 is 83.6 Å². The van der Waals surface area contributed by atoms with E-state index < -0.39 is 8.07 Å². The second kappa shape index (κ2) is 12.3. The van der Waals surface area contributed by atoms with Gasteiger partial charge in [0.2, 0.25) is 0 Å². The zero-order valence-corrected chi connectivity index (χ0v) is 31.1. The molecule has 0 atom stereocenters. The zero-order chi connectivity index (χ0) is 36.5. The quantitative estimate of drug-likeness (QED) is 0.127. The fraction of sp³-hybridized carbons (Fsp3) is 0.0204. The maximum Gasteiger partial charge on any atom is 0.184 e. The van der Waals surface area contributed by atoms with Gasteiger partial charge in [-0.15, -0.1) is 0 Å². The summed E-state index contributed by atoms with van der Waals surface area (Å²) >= 11 is 0. The van der Waals surface area contributed by atoms with E-state index in [4.69, 9.17) is 14.4 Å². The lowest BCUT2D eigenvalue weighted by molar-refractivity contribution is 0.671. The van der Waals surface area contributed by atoms with Crippen molar-refractivity contribution < 1.29 is 4.42 Å². The van der Waals surface area contributed by atoms with Gasteiger partial charge in [-0.25, -0.2) is 9.97 Å². The van der Waals surface area contributed by atoms with Crippen LogP contribution in [0.15, 0.2) is 193 Å². The summed E-state index contributed by atoms with van der Waals surface area (Å²) in [5, 5.41) is 9.54. The monoisotopic (exact) mass is 722 g/mol. The highest BCUT2D eigenvalue weighted by molar-refractivity contribution is 7.20. The van der Waals surface area contributed by atoms with E-state index in [-0.39, 0.29) is 0 Å². The van der Waals surface area contributed by atoms with Gasteiger partial charge < -0.3 is 8.98 Å². The third-order valence-electron chi connectivity index (χ3n) is 11.3. The Kier molecular flexibility index (Phi) is 7.02. The van der Waals surface area contributed by atoms with Crippen LogP contribution in [0.1, 0.15) is 0 Å². The molecule has 0 spiro atoms. The van der Waals surface area contributed by atoms with E-state index in [9.17, 15) is 0 Å². The number of hydrogen-bond donors (Lipinski definition) is 0. The molecule has 0 aliphatic carbocycles. The summed E-state index contributed by atoms with van der Waals surface area (Å²) in [5.74, 6) is 1.81. The van der Waals surface area contributed by atoms with E-state index in [0.29, 0.717) is 0 Å². The van der Waals surface area contributed by atoms with Crippen LogP contribution in [0.4, 0.5) is 0 Å². The van der Waals surface area contributed by atoms with Gasteiger partial charge in [0, 0.05) is 40.4 Å². The molecule has 0 aliphatic heterocycles. The van der Waals surface area contributed by atoms with Crippen molar-refractivity contribution in [2.75, 3.05) is 0 Å². The fourth-order valence-corrected chi connectivity index (χ4v) is 13.9. The SMILES string of the molecule is Cn1c(-c2cccc([Si](c3ccccc3)(c3ccccc3)c3cc4c(c5ccccc5n4-c4ccccn4)c4c3oc3ccccc34)c2)nc2ccccc21. The smallest absolute Gasteiger partial charge is 0.184 e. The number of fused-ring (bicyclic) bond motifs is 8. The molecular weight excluding hydrogens is 689 g/mol. The Morgan fingerprint density at radius 1 is 0.527 bits per heavy atom. The Labute approximate surface area is 318 Å². The van der Waals surface area contributed by atoms with Crippen molar-refractivity contribution in [2.24, 2.45) is 7.05 Å². The normalized spacial score (nSPS) is 12.1. The summed E-state index contributed by atoms with van der Waals surface area (Å²) in [5.41, 5.74) is 7.17. The first-order valence-corrected chi connectivity index (χ1v) is 20.6. The molecule has 4 aromatic heterocycles. The number of benzene rings is 7.